The molecule has 0 saturated heterocycles. The first-order chi connectivity index (χ1) is 20.8. The van der Waals surface area contributed by atoms with Gasteiger partial charge in [-0.2, -0.15) is 8.42 Å². The molecule has 1 aliphatic carbocycles. The second kappa shape index (κ2) is 14.2. The quantitative estimate of drug-likeness (QED) is 0.126. The first-order valence-electron chi connectivity index (χ1n) is 14.0. The van der Waals surface area contributed by atoms with Crippen LogP contribution < -0.4 is 15.4 Å². The predicted octanol–water partition coefficient (Wildman–Crippen LogP) is 6.76. The Morgan fingerprint density at radius 2 is 1.67 bits per heavy atom. The summed E-state index contributed by atoms with van der Waals surface area (Å²) >= 11 is 3.23. The van der Waals surface area contributed by atoms with E-state index in [0.29, 0.717) is 12.8 Å². The van der Waals surface area contributed by atoms with E-state index in [2.05, 4.69) is 38.9 Å². The molecule has 0 spiro atoms. The molecule has 0 aliphatic heterocycles. The summed E-state index contributed by atoms with van der Waals surface area (Å²) in [5.74, 6) is 0. The minimum absolute atomic E-state index is 0.244. The van der Waals surface area contributed by atoms with Gasteiger partial charge in [-0.25, -0.2) is 9.78 Å². The summed E-state index contributed by atoms with van der Waals surface area (Å²) in [6.07, 6.45) is 4.69. The summed E-state index contributed by atoms with van der Waals surface area (Å²) in [7, 11) is -3.00. The van der Waals surface area contributed by atoms with Gasteiger partial charge in [0.1, 0.15) is 5.01 Å². The van der Waals surface area contributed by atoms with E-state index < -0.39 is 16.4 Å². The fourth-order valence-corrected chi connectivity index (χ4v) is 7.39. The Morgan fingerprint density at radius 3 is 2.33 bits per heavy atom. The number of alkyl carbamates (subject to hydrolysis) is 1. The lowest BCUT2D eigenvalue weighted by Gasteiger charge is -2.29. The first kappa shape index (κ1) is 30.7. The standard InChI is InChI=1S/C31H34N4O5S3/c1-40-31(36)34-26(19-21-8-3-2-4-9-21)29(23-10-5-6-11-23)32-25(27-20-42-30(33-27)28-12-7-17-41-28)18-22-13-15-24(16-14-22)35-43(37,38)39/h2-4,7-9,12-17,20,25-26,32,35H,5-6,10-11,18-19H2,1H3,(H,34,36)(H,37,38,39)/t25-,26-/m0/s1. The number of anilines is 1. The lowest BCUT2D eigenvalue weighted by molar-refractivity contribution is 0.167. The molecule has 1 aliphatic rings. The zero-order chi connectivity index (χ0) is 30.2. The third-order valence-electron chi connectivity index (χ3n) is 7.28. The van der Waals surface area contributed by atoms with Gasteiger partial charge in [0, 0.05) is 11.1 Å². The van der Waals surface area contributed by atoms with Crippen LogP contribution in [0.15, 0.2) is 88.8 Å². The van der Waals surface area contributed by atoms with Crippen molar-refractivity contribution in [1.82, 2.24) is 15.6 Å². The zero-order valence-electron chi connectivity index (χ0n) is 23.7. The van der Waals surface area contributed by atoms with Crippen LogP contribution in [0, 0.1) is 0 Å². The van der Waals surface area contributed by atoms with E-state index in [9.17, 15) is 13.2 Å². The van der Waals surface area contributed by atoms with Crippen molar-refractivity contribution in [3.05, 3.63) is 106 Å². The molecule has 0 bridgehead atoms. The highest BCUT2D eigenvalue weighted by atomic mass is 32.2. The maximum absolute atomic E-state index is 12.6. The molecule has 2 aromatic carbocycles. The van der Waals surface area contributed by atoms with Crippen LogP contribution in [0.1, 0.15) is 48.5 Å². The normalized spacial score (nSPS) is 14.6. The van der Waals surface area contributed by atoms with Gasteiger partial charge in [-0.1, -0.05) is 48.5 Å². The third-order valence-corrected chi connectivity index (χ3v) is 9.67. The SMILES string of the molecule is COC(=O)N[C@@H](Cc1ccccc1)C(N[C@@H](Cc1ccc(NS(=O)(=O)O)cc1)c1csc(-c2cccs2)n1)=C1CCCC1. The van der Waals surface area contributed by atoms with Crippen molar-refractivity contribution in [1.29, 1.82) is 0 Å². The molecule has 12 heteroatoms. The highest BCUT2D eigenvalue weighted by Gasteiger charge is 2.27. The highest BCUT2D eigenvalue weighted by Crippen LogP contribution is 2.34. The number of benzene rings is 2. The molecule has 4 N–H and O–H groups in total. The van der Waals surface area contributed by atoms with E-state index in [1.807, 2.05) is 41.8 Å². The average Bonchev–Trinajstić information content (AvgIpc) is 3.79. The summed E-state index contributed by atoms with van der Waals surface area (Å²) in [6, 6.07) is 20.4. The number of thiophene rings is 1. The van der Waals surface area contributed by atoms with E-state index in [-0.39, 0.29) is 17.8 Å². The van der Waals surface area contributed by atoms with Crippen LogP contribution >= 0.6 is 22.7 Å². The molecule has 1 saturated carbocycles. The Kier molecular flexibility index (Phi) is 10.1. The smallest absolute Gasteiger partial charge is 0.407 e. The van der Waals surface area contributed by atoms with E-state index in [0.717, 1.165) is 58.1 Å². The largest absolute Gasteiger partial charge is 0.453 e. The van der Waals surface area contributed by atoms with Gasteiger partial charge >= 0.3 is 16.4 Å². The first-order valence-corrected chi connectivity index (χ1v) is 17.2. The van der Waals surface area contributed by atoms with Crippen molar-refractivity contribution in [2.45, 2.75) is 50.6 Å². The van der Waals surface area contributed by atoms with Crippen LogP contribution in [-0.2, 0) is 27.9 Å². The van der Waals surface area contributed by atoms with Gasteiger partial charge in [0.05, 0.1) is 35.5 Å². The lowest BCUT2D eigenvalue weighted by Crippen LogP contribution is -2.43. The van der Waals surface area contributed by atoms with Crippen LogP contribution in [0.2, 0.25) is 0 Å². The Labute approximate surface area is 259 Å². The fourth-order valence-electron chi connectivity index (χ4n) is 5.27. The zero-order valence-corrected chi connectivity index (χ0v) is 26.1. The number of allylic oxidation sites excluding steroid dienone is 1. The number of rotatable bonds is 12. The topological polar surface area (TPSA) is 130 Å². The van der Waals surface area contributed by atoms with Gasteiger partial charge < -0.3 is 15.4 Å². The van der Waals surface area contributed by atoms with E-state index in [1.165, 1.54) is 12.7 Å². The van der Waals surface area contributed by atoms with Crippen molar-refractivity contribution in [2.24, 2.45) is 0 Å². The van der Waals surface area contributed by atoms with Crippen LogP contribution in [0.3, 0.4) is 0 Å². The number of aromatic nitrogens is 1. The van der Waals surface area contributed by atoms with Crippen molar-refractivity contribution in [3.8, 4) is 9.88 Å². The number of ether oxygens (including phenoxy) is 1. The number of thiazole rings is 1. The van der Waals surface area contributed by atoms with Crippen molar-refractivity contribution < 1.29 is 22.5 Å². The van der Waals surface area contributed by atoms with Crippen LogP contribution in [0.25, 0.3) is 9.88 Å². The average molecular weight is 639 g/mol. The Balaban J connectivity index is 1.50. The third kappa shape index (κ3) is 8.66. The number of carbonyl (C=O) groups is 1. The van der Waals surface area contributed by atoms with E-state index in [1.54, 1.807) is 34.8 Å². The number of methoxy groups -OCH3 is 1. The number of hydrogen-bond donors (Lipinski definition) is 4. The molecule has 43 heavy (non-hydrogen) atoms. The summed E-state index contributed by atoms with van der Waals surface area (Å²) in [5.41, 5.74) is 5.44. The fraction of sp³-hybridized carbons (Fsp3) is 0.290. The van der Waals surface area contributed by atoms with Gasteiger partial charge in [-0.05, 0) is 78.8 Å². The maximum Gasteiger partial charge on any atom is 0.407 e. The van der Waals surface area contributed by atoms with Crippen LogP contribution in [0.5, 0.6) is 0 Å². The predicted molar refractivity (Wildman–Crippen MR) is 172 cm³/mol. The number of hydrogen-bond acceptors (Lipinski definition) is 8. The van der Waals surface area contributed by atoms with E-state index >= 15 is 0 Å². The van der Waals surface area contributed by atoms with Gasteiger partial charge in [0.2, 0.25) is 0 Å². The van der Waals surface area contributed by atoms with Gasteiger partial charge in [-0.3, -0.25) is 9.27 Å². The number of carbonyl (C=O) groups excluding carboxylic acids is 1. The number of nitrogens with zero attached hydrogens (tertiary/aromatic N) is 1. The molecule has 226 valence electrons. The molecular formula is C31H34N4O5S3. The lowest BCUT2D eigenvalue weighted by atomic mass is 9.96. The molecule has 1 fully saturated rings. The molecular weight excluding hydrogens is 605 g/mol. The summed E-state index contributed by atoms with van der Waals surface area (Å²) < 4.78 is 38.8. The molecule has 4 aromatic rings. The number of nitrogens with one attached hydrogen (secondary N) is 3. The Hall–Kier alpha value is -3.71. The molecule has 2 atom stereocenters. The Morgan fingerprint density at radius 1 is 0.953 bits per heavy atom. The number of amides is 1. The molecule has 2 heterocycles. The highest BCUT2D eigenvalue weighted by molar-refractivity contribution is 7.87. The molecule has 2 aromatic heterocycles. The molecule has 0 unspecified atom stereocenters. The van der Waals surface area contributed by atoms with Gasteiger partial charge in [0.25, 0.3) is 0 Å². The van der Waals surface area contributed by atoms with Crippen molar-refractivity contribution in [3.63, 3.8) is 0 Å². The molecule has 0 radical (unpaired) electrons. The summed E-state index contributed by atoms with van der Waals surface area (Å²) in [4.78, 5) is 18.7. The van der Waals surface area contributed by atoms with E-state index in [4.69, 9.17) is 14.3 Å². The van der Waals surface area contributed by atoms with Crippen molar-refractivity contribution in [2.75, 3.05) is 11.8 Å². The van der Waals surface area contributed by atoms with Crippen LogP contribution in [0.4, 0.5) is 10.5 Å². The van der Waals surface area contributed by atoms with Crippen molar-refractivity contribution >= 4 is 44.8 Å². The summed E-state index contributed by atoms with van der Waals surface area (Å²) in [5, 5.41) is 11.9. The minimum Gasteiger partial charge on any atom is -0.453 e. The second-order valence-electron chi connectivity index (χ2n) is 10.3. The van der Waals surface area contributed by atoms with Crippen LogP contribution in [-0.4, -0.2) is 37.2 Å². The van der Waals surface area contributed by atoms with Gasteiger partial charge in [0.15, 0.2) is 0 Å². The molecule has 9 nitrogen and oxygen atoms in total. The Bertz CT molecular complexity index is 1630. The maximum atomic E-state index is 12.6. The van der Waals surface area contributed by atoms with Gasteiger partial charge in [-0.15, -0.1) is 22.7 Å². The summed E-state index contributed by atoms with van der Waals surface area (Å²) in [6.45, 7) is 0. The second-order valence-corrected chi connectivity index (χ2v) is 13.3. The monoisotopic (exact) mass is 638 g/mol. The molecule has 5 rings (SSSR count). The molecule has 1 amide bonds. The minimum atomic E-state index is -4.37.